The molecule has 0 saturated carbocycles. The molecule has 2 rings (SSSR count). The Morgan fingerprint density at radius 3 is 2.22 bits per heavy atom. The molecular formula is C20H19ClN4O6S. The smallest absolute Gasteiger partial charge is 0.338 e. The number of nitriles is 1. The standard InChI is InChI=1S/C20H19ClN4O6S/c1-25(2)32(29,30)17-11-15(7-8-16(17)21)24-19(27)12-31-20(28)13-3-5-14(6-4-13)23-18(26)9-10-22/h3-8,11H,9,12H2,1-2H3,(H,23,26)(H,24,27). The highest BCUT2D eigenvalue weighted by Gasteiger charge is 2.21. The van der Waals surface area contributed by atoms with Gasteiger partial charge < -0.3 is 15.4 Å². The molecule has 10 nitrogen and oxygen atoms in total. The number of benzene rings is 2. The third-order valence-electron chi connectivity index (χ3n) is 3.95. The van der Waals surface area contributed by atoms with Crippen LogP contribution in [-0.2, 0) is 24.3 Å². The lowest BCUT2D eigenvalue weighted by atomic mass is 10.2. The third-order valence-corrected chi connectivity index (χ3v) is 6.25. The fraction of sp³-hybridized carbons (Fsp3) is 0.200. The maximum Gasteiger partial charge on any atom is 0.338 e. The number of esters is 1. The van der Waals surface area contributed by atoms with Crippen LogP contribution in [0.25, 0.3) is 0 Å². The number of nitrogens with one attached hydrogen (secondary N) is 2. The number of rotatable bonds is 8. The van der Waals surface area contributed by atoms with Gasteiger partial charge in [-0.1, -0.05) is 11.6 Å². The Balaban J connectivity index is 1.96. The lowest BCUT2D eigenvalue weighted by Gasteiger charge is -2.14. The molecule has 0 radical (unpaired) electrons. The van der Waals surface area contributed by atoms with Crippen molar-refractivity contribution in [3.05, 3.63) is 53.1 Å². The summed E-state index contributed by atoms with van der Waals surface area (Å²) in [5, 5.41) is 13.4. The predicted molar refractivity (Wildman–Crippen MR) is 117 cm³/mol. The maximum atomic E-state index is 12.3. The zero-order chi connectivity index (χ0) is 23.9. The Hall–Kier alpha value is -3.46. The zero-order valence-electron chi connectivity index (χ0n) is 17.1. The molecule has 0 spiro atoms. The normalized spacial score (nSPS) is 10.8. The minimum atomic E-state index is -3.82. The van der Waals surface area contributed by atoms with Gasteiger partial charge in [0.2, 0.25) is 15.9 Å². The first-order chi connectivity index (χ1) is 15.0. The summed E-state index contributed by atoms with van der Waals surface area (Å²) in [5.74, 6) is -1.94. The van der Waals surface area contributed by atoms with Crippen LogP contribution in [-0.4, -0.2) is 51.2 Å². The fourth-order valence-corrected chi connectivity index (χ4v) is 3.75. The quantitative estimate of drug-likeness (QED) is 0.553. The first kappa shape index (κ1) is 24.8. The minimum absolute atomic E-state index is 0.00427. The number of ether oxygens (including phenoxy) is 1. The second-order valence-electron chi connectivity index (χ2n) is 6.52. The molecule has 0 unspecified atom stereocenters. The molecule has 0 aromatic heterocycles. The summed E-state index contributed by atoms with van der Waals surface area (Å²) in [5.41, 5.74) is 0.695. The minimum Gasteiger partial charge on any atom is -0.452 e. The Kier molecular flexibility index (Phi) is 8.31. The van der Waals surface area contributed by atoms with Gasteiger partial charge in [-0.05, 0) is 42.5 Å². The molecule has 32 heavy (non-hydrogen) atoms. The number of hydrogen-bond donors (Lipinski definition) is 2. The maximum absolute atomic E-state index is 12.3. The highest BCUT2D eigenvalue weighted by Crippen LogP contribution is 2.26. The van der Waals surface area contributed by atoms with Crippen LogP contribution in [0.5, 0.6) is 0 Å². The Bertz CT molecular complexity index is 1170. The molecule has 0 aliphatic rings. The van der Waals surface area contributed by atoms with E-state index in [1.165, 1.54) is 56.6 Å². The Morgan fingerprint density at radius 1 is 1.03 bits per heavy atom. The average molecular weight is 479 g/mol. The van der Waals surface area contributed by atoms with Gasteiger partial charge in [0, 0.05) is 25.5 Å². The fourth-order valence-electron chi connectivity index (χ4n) is 2.35. The van der Waals surface area contributed by atoms with Crippen molar-refractivity contribution in [1.29, 1.82) is 5.26 Å². The molecule has 0 atom stereocenters. The first-order valence-electron chi connectivity index (χ1n) is 9.00. The van der Waals surface area contributed by atoms with Crippen LogP contribution in [0, 0.1) is 11.3 Å². The van der Waals surface area contributed by atoms with Gasteiger partial charge >= 0.3 is 5.97 Å². The van der Waals surface area contributed by atoms with Crippen molar-refractivity contribution in [2.45, 2.75) is 11.3 Å². The average Bonchev–Trinajstić information content (AvgIpc) is 2.73. The summed E-state index contributed by atoms with van der Waals surface area (Å²) in [6.45, 7) is -0.613. The SMILES string of the molecule is CN(C)S(=O)(=O)c1cc(NC(=O)COC(=O)c2ccc(NC(=O)CC#N)cc2)ccc1Cl. The van der Waals surface area contributed by atoms with Crippen molar-refractivity contribution in [3.8, 4) is 6.07 Å². The third kappa shape index (κ3) is 6.52. The summed E-state index contributed by atoms with van der Waals surface area (Å²) >= 11 is 5.96. The second kappa shape index (κ2) is 10.7. The highest BCUT2D eigenvalue weighted by molar-refractivity contribution is 7.89. The van der Waals surface area contributed by atoms with Gasteiger partial charge in [0.05, 0.1) is 16.7 Å². The van der Waals surface area contributed by atoms with E-state index >= 15 is 0 Å². The molecule has 0 saturated heterocycles. The van der Waals surface area contributed by atoms with Crippen molar-refractivity contribution < 1.29 is 27.5 Å². The predicted octanol–water partition coefficient (Wildman–Crippen LogP) is 2.24. The summed E-state index contributed by atoms with van der Waals surface area (Å²) in [7, 11) is -1.12. The van der Waals surface area contributed by atoms with E-state index in [2.05, 4.69) is 10.6 Å². The number of carbonyl (C=O) groups excluding carboxylic acids is 3. The van der Waals surface area contributed by atoms with Gasteiger partial charge in [0.15, 0.2) is 6.61 Å². The molecule has 0 aliphatic heterocycles. The summed E-state index contributed by atoms with van der Waals surface area (Å²) in [4.78, 5) is 35.4. The van der Waals surface area contributed by atoms with Crippen LogP contribution in [0.3, 0.4) is 0 Å². The molecule has 12 heteroatoms. The number of nitrogens with zero attached hydrogens (tertiary/aromatic N) is 2. The van der Waals surface area contributed by atoms with Gasteiger partial charge in [-0.2, -0.15) is 5.26 Å². The summed E-state index contributed by atoms with van der Waals surface area (Å²) in [6, 6.07) is 11.3. The van der Waals surface area contributed by atoms with E-state index in [-0.39, 0.29) is 27.6 Å². The van der Waals surface area contributed by atoms with Crippen LogP contribution >= 0.6 is 11.6 Å². The Morgan fingerprint density at radius 2 is 1.62 bits per heavy atom. The van der Waals surface area contributed by atoms with Crippen molar-refractivity contribution in [2.75, 3.05) is 31.3 Å². The molecule has 0 bridgehead atoms. The van der Waals surface area contributed by atoms with E-state index in [1.807, 2.05) is 0 Å². The van der Waals surface area contributed by atoms with Crippen molar-refractivity contribution >= 4 is 50.8 Å². The van der Waals surface area contributed by atoms with E-state index in [4.69, 9.17) is 21.6 Å². The van der Waals surface area contributed by atoms with Crippen LogP contribution in [0.15, 0.2) is 47.4 Å². The number of hydrogen-bond acceptors (Lipinski definition) is 7. The first-order valence-corrected chi connectivity index (χ1v) is 10.8. The van der Waals surface area contributed by atoms with E-state index in [9.17, 15) is 22.8 Å². The topological polar surface area (TPSA) is 146 Å². The van der Waals surface area contributed by atoms with Gasteiger partial charge in [-0.15, -0.1) is 0 Å². The number of amides is 2. The molecule has 0 heterocycles. The number of sulfonamides is 1. The van der Waals surface area contributed by atoms with E-state index in [1.54, 1.807) is 6.07 Å². The molecule has 2 aromatic carbocycles. The second-order valence-corrected chi connectivity index (χ2v) is 9.04. The molecule has 2 aromatic rings. The van der Waals surface area contributed by atoms with Gasteiger partial charge in [0.1, 0.15) is 11.3 Å². The lowest BCUT2D eigenvalue weighted by Crippen LogP contribution is -2.23. The molecule has 0 fully saturated rings. The van der Waals surface area contributed by atoms with Crippen LogP contribution < -0.4 is 10.6 Å². The van der Waals surface area contributed by atoms with Crippen molar-refractivity contribution in [1.82, 2.24) is 4.31 Å². The molecular weight excluding hydrogens is 460 g/mol. The highest BCUT2D eigenvalue weighted by atomic mass is 35.5. The van der Waals surface area contributed by atoms with Gasteiger partial charge in [-0.3, -0.25) is 9.59 Å². The van der Waals surface area contributed by atoms with Crippen LogP contribution in [0.2, 0.25) is 5.02 Å². The molecule has 2 amide bonds. The van der Waals surface area contributed by atoms with Gasteiger partial charge in [0.25, 0.3) is 5.91 Å². The lowest BCUT2D eigenvalue weighted by molar-refractivity contribution is -0.119. The van der Waals surface area contributed by atoms with Crippen molar-refractivity contribution in [3.63, 3.8) is 0 Å². The number of halogens is 1. The summed E-state index contributed by atoms with van der Waals surface area (Å²) < 4.78 is 30.5. The van der Waals surface area contributed by atoms with Crippen molar-refractivity contribution in [2.24, 2.45) is 0 Å². The monoisotopic (exact) mass is 478 g/mol. The molecule has 168 valence electrons. The molecule has 0 aliphatic carbocycles. The van der Waals surface area contributed by atoms with E-state index in [0.717, 1.165) is 4.31 Å². The van der Waals surface area contributed by atoms with E-state index in [0.29, 0.717) is 5.69 Å². The van der Waals surface area contributed by atoms with Crippen LogP contribution in [0.1, 0.15) is 16.8 Å². The Labute approximate surface area is 189 Å². The zero-order valence-corrected chi connectivity index (χ0v) is 18.7. The number of carbonyl (C=O) groups is 3. The summed E-state index contributed by atoms with van der Waals surface area (Å²) in [6.07, 6.45) is -0.297. The number of anilines is 2. The van der Waals surface area contributed by atoms with Crippen LogP contribution in [0.4, 0.5) is 11.4 Å². The van der Waals surface area contributed by atoms with E-state index < -0.39 is 34.4 Å². The molecule has 2 N–H and O–H groups in total. The largest absolute Gasteiger partial charge is 0.452 e. The van der Waals surface area contributed by atoms with Gasteiger partial charge in [-0.25, -0.2) is 17.5 Å².